The molecule has 172 valence electrons. The van der Waals surface area contributed by atoms with Crippen LogP contribution in [0.1, 0.15) is 42.0 Å². The van der Waals surface area contributed by atoms with Crippen molar-refractivity contribution in [1.82, 2.24) is 10.2 Å². The fraction of sp³-hybridized carbons (Fsp3) is 0.360. The second-order valence-electron chi connectivity index (χ2n) is 8.53. The highest BCUT2D eigenvalue weighted by molar-refractivity contribution is 7.99. The number of carbonyl (C=O) groups excluding carboxylic acids is 1. The largest absolute Gasteiger partial charge is 0.514 e. The number of rotatable bonds is 6. The summed E-state index contributed by atoms with van der Waals surface area (Å²) >= 11 is 1.92. The van der Waals surface area contributed by atoms with Gasteiger partial charge < -0.3 is 20.1 Å². The van der Waals surface area contributed by atoms with Gasteiger partial charge in [-0.15, -0.1) is 11.8 Å². The summed E-state index contributed by atoms with van der Waals surface area (Å²) in [5.41, 5.74) is 5.64. The Labute approximate surface area is 197 Å². The van der Waals surface area contributed by atoms with Crippen molar-refractivity contribution in [3.63, 3.8) is 0 Å². The SMILES string of the molecule is CNc1ccc(OC(=O)OC2CCC(c3[nH]nc(Nc4ccc5c(c4)CCS5)c3C)C2)cc1. The number of hydrogen-bond donors (Lipinski definition) is 3. The van der Waals surface area contributed by atoms with Gasteiger partial charge >= 0.3 is 6.16 Å². The maximum absolute atomic E-state index is 12.2. The highest BCUT2D eigenvalue weighted by Crippen LogP contribution is 2.39. The molecule has 0 amide bonds. The van der Waals surface area contributed by atoms with Crippen LogP contribution in [0.2, 0.25) is 0 Å². The molecule has 3 N–H and O–H groups in total. The minimum absolute atomic E-state index is 0.160. The number of hydrogen-bond acceptors (Lipinski definition) is 7. The Morgan fingerprint density at radius 2 is 1.97 bits per heavy atom. The lowest BCUT2D eigenvalue weighted by molar-refractivity contribution is 0.0606. The van der Waals surface area contributed by atoms with Crippen molar-refractivity contribution in [2.45, 2.75) is 49.5 Å². The van der Waals surface area contributed by atoms with Crippen LogP contribution in [0.5, 0.6) is 5.75 Å². The maximum Gasteiger partial charge on any atom is 0.514 e. The number of thioether (sulfide) groups is 1. The topological polar surface area (TPSA) is 88.3 Å². The molecule has 2 heterocycles. The van der Waals surface area contributed by atoms with Crippen LogP contribution >= 0.6 is 11.8 Å². The van der Waals surface area contributed by atoms with Crippen LogP contribution in [0.25, 0.3) is 0 Å². The predicted octanol–water partition coefficient (Wildman–Crippen LogP) is 6.00. The van der Waals surface area contributed by atoms with E-state index >= 15 is 0 Å². The van der Waals surface area contributed by atoms with Gasteiger partial charge in [-0.3, -0.25) is 5.10 Å². The van der Waals surface area contributed by atoms with Gasteiger partial charge in [0.25, 0.3) is 0 Å². The number of nitrogens with one attached hydrogen (secondary N) is 3. The maximum atomic E-state index is 12.2. The van der Waals surface area contributed by atoms with Gasteiger partial charge in [-0.2, -0.15) is 5.10 Å². The Hall–Kier alpha value is -3.13. The van der Waals surface area contributed by atoms with E-state index in [1.165, 1.54) is 10.5 Å². The average molecular weight is 465 g/mol. The van der Waals surface area contributed by atoms with E-state index in [1.807, 2.05) is 30.9 Å². The summed E-state index contributed by atoms with van der Waals surface area (Å²) in [6.07, 6.45) is 2.80. The molecule has 5 rings (SSSR count). The first-order valence-corrected chi connectivity index (χ1v) is 12.3. The normalized spacial score (nSPS) is 19.2. The molecule has 0 saturated heterocycles. The van der Waals surface area contributed by atoms with Gasteiger partial charge in [0.1, 0.15) is 11.9 Å². The van der Waals surface area contributed by atoms with Crippen LogP contribution in [0.3, 0.4) is 0 Å². The number of aromatic amines is 1. The fourth-order valence-electron chi connectivity index (χ4n) is 4.59. The smallest absolute Gasteiger partial charge is 0.431 e. The summed E-state index contributed by atoms with van der Waals surface area (Å²) < 4.78 is 10.9. The van der Waals surface area contributed by atoms with Crippen LogP contribution in [0.15, 0.2) is 47.4 Å². The standard InChI is InChI=1S/C25H28N4O3S/c1-15-23(28-29-24(15)27-19-6-10-22-16(13-19)11-12-33-22)17-3-7-21(14-17)32-25(30)31-20-8-4-18(26-2)5-9-20/h4-6,8-10,13,17,21,26H,3,7,11-12,14H2,1-2H3,(H2,27,28,29). The van der Waals surface area contributed by atoms with Crippen molar-refractivity contribution < 1.29 is 14.3 Å². The van der Waals surface area contributed by atoms with E-state index in [4.69, 9.17) is 9.47 Å². The van der Waals surface area contributed by atoms with Gasteiger partial charge in [-0.1, -0.05) is 0 Å². The second-order valence-corrected chi connectivity index (χ2v) is 9.67. The highest BCUT2D eigenvalue weighted by Gasteiger charge is 2.32. The van der Waals surface area contributed by atoms with E-state index in [0.29, 0.717) is 5.75 Å². The molecular weight excluding hydrogens is 436 g/mol. The monoisotopic (exact) mass is 464 g/mol. The number of aryl methyl sites for hydroxylation is 1. The van der Waals surface area contributed by atoms with Crippen LogP contribution in [-0.2, 0) is 11.2 Å². The van der Waals surface area contributed by atoms with Gasteiger partial charge in [0.2, 0.25) is 0 Å². The number of carbonyl (C=O) groups is 1. The van der Waals surface area contributed by atoms with Crippen molar-refractivity contribution in [2.24, 2.45) is 0 Å². The molecule has 1 aliphatic carbocycles. The Morgan fingerprint density at radius 1 is 1.15 bits per heavy atom. The summed E-state index contributed by atoms with van der Waals surface area (Å²) in [4.78, 5) is 13.6. The lowest BCUT2D eigenvalue weighted by Gasteiger charge is -2.13. The van der Waals surface area contributed by atoms with Gasteiger partial charge in [-0.25, -0.2) is 4.79 Å². The summed E-state index contributed by atoms with van der Waals surface area (Å²) in [6, 6.07) is 13.7. The quantitative estimate of drug-likeness (QED) is 0.304. The first kappa shape index (κ1) is 21.7. The lowest BCUT2D eigenvalue weighted by atomic mass is 10.0. The molecule has 3 aromatic rings. The molecular formula is C25H28N4O3S. The Bertz CT molecular complexity index is 1150. The third-order valence-electron chi connectivity index (χ3n) is 6.40. The minimum Gasteiger partial charge on any atom is -0.431 e. The molecule has 0 bridgehead atoms. The van der Waals surface area contributed by atoms with E-state index in [9.17, 15) is 4.79 Å². The molecule has 33 heavy (non-hydrogen) atoms. The number of fused-ring (bicyclic) bond motifs is 1. The van der Waals surface area contributed by atoms with Crippen LogP contribution in [-0.4, -0.2) is 35.3 Å². The van der Waals surface area contributed by atoms with Crippen molar-refractivity contribution in [2.75, 3.05) is 23.4 Å². The summed E-state index contributed by atoms with van der Waals surface area (Å²) in [7, 11) is 1.84. The third kappa shape index (κ3) is 4.80. The Balaban J connectivity index is 1.17. The molecule has 2 aromatic carbocycles. The van der Waals surface area contributed by atoms with Gasteiger partial charge in [0.05, 0.1) is 0 Å². The number of benzene rings is 2. The summed E-state index contributed by atoms with van der Waals surface area (Å²) in [5, 5.41) is 14.2. The van der Waals surface area contributed by atoms with E-state index in [-0.39, 0.29) is 12.0 Å². The zero-order chi connectivity index (χ0) is 22.8. The zero-order valence-corrected chi connectivity index (χ0v) is 19.6. The van der Waals surface area contributed by atoms with Crippen LogP contribution in [0, 0.1) is 6.92 Å². The molecule has 7 nitrogen and oxygen atoms in total. The van der Waals surface area contributed by atoms with E-state index in [2.05, 4.69) is 46.0 Å². The number of H-pyrrole nitrogens is 1. The van der Waals surface area contributed by atoms with Crippen molar-refractivity contribution in [3.05, 3.63) is 59.3 Å². The van der Waals surface area contributed by atoms with E-state index in [0.717, 1.165) is 59.9 Å². The first-order chi connectivity index (χ1) is 16.1. The van der Waals surface area contributed by atoms with Gasteiger partial charge in [-0.05, 0) is 80.6 Å². The Morgan fingerprint density at radius 3 is 2.79 bits per heavy atom. The average Bonchev–Trinajstić information content (AvgIpc) is 3.55. The van der Waals surface area contributed by atoms with Gasteiger partial charge in [0, 0.05) is 46.2 Å². The summed E-state index contributed by atoms with van der Waals surface area (Å²) in [5.74, 6) is 2.76. The molecule has 0 radical (unpaired) electrons. The second kappa shape index (κ2) is 9.39. The minimum atomic E-state index is -0.656. The van der Waals surface area contributed by atoms with E-state index in [1.54, 1.807) is 12.1 Å². The number of aromatic nitrogens is 2. The van der Waals surface area contributed by atoms with Gasteiger partial charge in [0.15, 0.2) is 5.82 Å². The van der Waals surface area contributed by atoms with Crippen molar-refractivity contribution >= 4 is 35.1 Å². The lowest BCUT2D eigenvalue weighted by Crippen LogP contribution is -2.18. The molecule has 8 heteroatoms. The van der Waals surface area contributed by atoms with Crippen LogP contribution in [0.4, 0.5) is 22.0 Å². The first-order valence-electron chi connectivity index (χ1n) is 11.3. The predicted molar refractivity (Wildman–Crippen MR) is 131 cm³/mol. The summed E-state index contributed by atoms with van der Waals surface area (Å²) in [6.45, 7) is 2.08. The molecule has 1 aromatic heterocycles. The molecule has 2 unspecified atom stereocenters. The number of ether oxygens (including phenoxy) is 2. The number of anilines is 3. The molecule has 1 fully saturated rings. The number of nitrogens with zero attached hydrogens (tertiary/aromatic N) is 1. The molecule has 1 saturated carbocycles. The highest BCUT2D eigenvalue weighted by atomic mass is 32.2. The van der Waals surface area contributed by atoms with Crippen molar-refractivity contribution in [3.8, 4) is 5.75 Å². The molecule has 2 aliphatic rings. The van der Waals surface area contributed by atoms with Crippen molar-refractivity contribution in [1.29, 1.82) is 0 Å². The van der Waals surface area contributed by atoms with Crippen LogP contribution < -0.4 is 15.4 Å². The zero-order valence-electron chi connectivity index (χ0n) is 18.8. The molecule has 1 aliphatic heterocycles. The molecule has 0 spiro atoms. The third-order valence-corrected chi connectivity index (χ3v) is 7.52. The van der Waals surface area contributed by atoms with E-state index < -0.39 is 6.16 Å². The fourth-order valence-corrected chi connectivity index (χ4v) is 5.64. The Kier molecular flexibility index (Phi) is 6.17. The molecule has 2 atom stereocenters.